The van der Waals surface area contributed by atoms with Gasteiger partial charge in [-0.3, -0.25) is 11.3 Å². The molecule has 0 spiro atoms. The maximum Gasteiger partial charge on any atom is 0.0490 e. The summed E-state index contributed by atoms with van der Waals surface area (Å²) in [5, 5.41) is 0. The molecular weight excluding hydrogens is 335 g/mol. The minimum atomic E-state index is 0.312. The van der Waals surface area contributed by atoms with Gasteiger partial charge in [-0.25, -0.2) is 0 Å². The first-order valence-corrected chi connectivity index (χ1v) is 8.05. The van der Waals surface area contributed by atoms with E-state index in [2.05, 4.69) is 59.2 Å². The van der Waals surface area contributed by atoms with Crippen molar-refractivity contribution < 1.29 is 0 Å². The summed E-state index contributed by atoms with van der Waals surface area (Å²) >= 11 is 2.35. The predicted molar refractivity (Wildman–Crippen MR) is 85.0 cm³/mol. The highest BCUT2D eigenvalue weighted by atomic mass is 127. The number of hydrogen-bond donors (Lipinski definition) is 2. The second-order valence-electron chi connectivity index (χ2n) is 5.31. The average Bonchev–Trinajstić information content (AvgIpc) is 2.42. The number of halogens is 1. The normalized spacial score (nSPS) is 25.9. The lowest BCUT2D eigenvalue weighted by atomic mass is 9.72. The van der Waals surface area contributed by atoms with Gasteiger partial charge in [-0.1, -0.05) is 44.7 Å². The van der Waals surface area contributed by atoms with Crippen LogP contribution in [0.1, 0.15) is 50.6 Å². The van der Waals surface area contributed by atoms with Crippen LogP contribution in [0.3, 0.4) is 0 Å². The molecule has 3 atom stereocenters. The van der Waals surface area contributed by atoms with E-state index in [-0.39, 0.29) is 0 Å². The molecule has 18 heavy (non-hydrogen) atoms. The van der Waals surface area contributed by atoms with Gasteiger partial charge in [-0.2, -0.15) is 0 Å². The van der Waals surface area contributed by atoms with Crippen LogP contribution in [0.4, 0.5) is 0 Å². The highest BCUT2D eigenvalue weighted by Gasteiger charge is 2.30. The summed E-state index contributed by atoms with van der Waals surface area (Å²) in [4.78, 5) is 0. The molecule has 1 aromatic rings. The minimum absolute atomic E-state index is 0.312. The lowest BCUT2D eigenvalue weighted by Gasteiger charge is -2.36. The topological polar surface area (TPSA) is 38.0 Å². The second kappa shape index (κ2) is 6.87. The third-order valence-corrected chi connectivity index (χ3v) is 5.05. The Kier molecular flexibility index (Phi) is 5.45. The van der Waals surface area contributed by atoms with Crippen LogP contribution in [0.5, 0.6) is 0 Å². The highest BCUT2D eigenvalue weighted by molar-refractivity contribution is 14.1. The molecule has 0 amide bonds. The van der Waals surface area contributed by atoms with Crippen molar-refractivity contribution in [2.24, 2.45) is 17.7 Å². The first-order chi connectivity index (χ1) is 8.76. The SMILES string of the molecule is CCC1CCCCC1C(NN)c1ccc(I)cc1. The average molecular weight is 358 g/mol. The van der Waals surface area contributed by atoms with E-state index in [1.54, 1.807) is 0 Å². The summed E-state index contributed by atoms with van der Waals surface area (Å²) in [6, 6.07) is 9.09. The van der Waals surface area contributed by atoms with Gasteiger partial charge >= 0.3 is 0 Å². The fraction of sp³-hybridized carbons (Fsp3) is 0.600. The van der Waals surface area contributed by atoms with E-state index < -0.39 is 0 Å². The van der Waals surface area contributed by atoms with Crippen LogP contribution in [-0.2, 0) is 0 Å². The van der Waals surface area contributed by atoms with E-state index in [0.29, 0.717) is 12.0 Å². The van der Waals surface area contributed by atoms with Crippen molar-refractivity contribution in [1.82, 2.24) is 5.43 Å². The van der Waals surface area contributed by atoms with E-state index >= 15 is 0 Å². The predicted octanol–water partition coefficient (Wildman–Crippen LogP) is 4.01. The first-order valence-electron chi connectivity index (χ1n) is 6.97. The molecule has 3 unspecified atom stereocenters. The fourth-order valence-electron chi connectivity index (χ4n) is 3.32. The molecule has 100 valence electrons. The smallest absolute Gasteiger partial charge is 0.0490 e. The maximum atomic E-state index is 5.84. The molecule has 0 radical (unpaired) electrons. The number of nitrogens with one attached hydrogen (secondary N) is 1. The molecule has 1 fully saturated rings. The number of rotatable bonds is 4. The molecule has 3 N–H and O–H groups in total. The molecular formula is C15H23IN2. The van der Waals surface area contributed by atoms with E-state index in [1.165, 1.54) is 41.2 Å². The molecule has 0 bridgehead atoms. The van der Waals surface area contributed by atoms with Crippen molar-refractivity contribution in [2.45, 2.75) is 45.1 Å². The highest BCUT2D eigenvalue weighted by Crippen LogP contribution is 2.39. The molecule has 0 heterocycles. The number of hydrogen-bond acceptors (Lipinski definition) is 2. The van der Waals surface area contributed by atoms with E-state index in [0.717, 1.165) is 5.92 Å². The molecule has 2 rings (SSSR count). The molecule has 0 aromatic heterocycles. The molecule has 1 aromatic carbocycles. The summed E-state index contributed by atoms with van der Waals surface area (Å²) in [6.07, 6.45) is 6.68. The van der Waals surface area contributed by atoms with Crippen LogP contribution in [0.25, 0.3) is 0 Å². The molecule has 1 saturated carbocycles. The van der Waals surface area contributed by atoms with Crippen molar-refractivity contribution in [1.29, 1.82) is 0 Å². The fourth-order valence-corrected chi connectivity index (χ4v) is 3.68. The Morgan fingerprint density at radius 1 is 1.28 bits per heavy atom. The summed E-state index contributed by atoms with van der Waals surface area (Å²) in [6.45, 7) is 2.31. The van der Waals surface area contributed by atoms with Gasteiger partial charge in [0.15, 0.2) is 0 Å². The molecule has 3 heteroatoms. The van der Waals surface area contributed by atoms with Gasteiger partial charge < -0.3 is 0 Å². The Labute approximate surface area is 124 Å². The summed E-state index contributed by atoms with van der Waals surface area (Å²) < 4.78 is 1.28. The molecule has 2 nitrogen and oxygen atoms in total. The van der Waals surface area contributed by atoms with E-state index in [9.17, 15) is 0 Å². The summed E-state index contributed by atoms with van der Waals surface area (Å²) in [7, 11) is 0. The van der Waals surface area contributed by atoms with Gasteiger partial charge in [0, 0.05) is 9.61 Å². The van der Waals surface area contributed by atoms with Crippen LogP contribution in [-0.4, -0.2) is 0 Å². The Balaban J connectivity index is 2.18. The molecule has 0 aliphatic heterocycles. The zero-order chi connectivity index (χ0) is 13.0. The van der Waals surface area contributed by atoms with Crippen LogP contribution < -0.4 is 11.3 Å². The van der Waals surface area contributed by atoms with Crippen molar-refractivity contribution in [3.63, 3.8) is 0 Å². The van der Waals surface area contributed by atoms with Gasteiger partial charge in [0.1, 0.15) is 0 Å². The molecule has 1 aliphatic carbocycles. The van der Waals surface area contributed by atoms with Crippen LogP contribution >= 0.6 is 22.6 Å². The minimum Gasteiger partial charge on any atom is -0.271 e. The van der Waals surface area contributed by atoms with Crippen molar-refractivity contribution >= 4 is 22.6 Å². The van der Waals surface area contributed by atoms with Crippen LogP contribution in [0.15, 0.2) is 24.3 Å². The third kappa shape index (κ3) is 3.25. The lowest BCUT2D eigenvalue weighted by molar-refractivity contribution is 0.176. The first kappa shape index (κ1) is 14.3. The van der Waals surface area contributed by atoms with Gasteiger partial charge in [0.25, 0.3) is 0 Å². The lowest BCUT2D eigenvalue weighted by Crippen LogP contribution is -2.38. The Bertz CT molecular complexity index is 363. The van der Waals surface area contributed by atoms with Gasteiger partial charge in [0.2, 0.25) is 0 Å². The largest absolute Gasteiger partial charge is 0.271 e. The Hall–Kier alpha value is -0.130. The number of nitrogens with two attached hydrogens (primary N) is 1. The zero-order valence-corrected chi connectivity index (χ0v) is 13.2. The van der Waals surface area contributed by atoms with Gasteiger partial charge in [-0.15, -0.1) is 0 Å². The van der Waals surface area contributed by atoms with E-state index in [1.807, 2.05) is 0 Å². The zero-order valence-electron chi connectivity index (χ0n) is 11.0. The third-order valence-electron chi connectivity index (χ3n) is 4.33. The molecule has 1 aliphatic rings. The van der Waals surface area contributed by atoms with Gasteiger partial charge in [-0.05, 0) is 58.5 Å². The Morgan fingerprint density at radius 2 is 1.94 bits per heavy atom. The summed E-state index contributed by atoms with van der Waals surface area (Å²) in [5.74, 6) is 7.35. The summed E-state index contributed by atoms with van der Waals surface area (Å²) in [5.41, 5.74) is 4.41. The second-order valence-corrected chi connectivity index (χ2v) is 6.56. The Morgan fingerprint density at radius 3 is 2.56 bits per heavy atom. The monoisotopic (exact) mass is 358 g/mol. The van der Waals surface area contributed by atoms with Crippen LogP contribution in [0, 0.1) is 15.4 Å². The molecule has 0 saturated heterocycles. The van der Waals surface area contributed by atoms with Crippen molar-refractivity contribution in [2.75, 3.05) is 0 Å². The van der Waals surface area contributed by atoms with Crippen LogP contribution in [0.2, 0.25) is 0 Å². The standard InChI is InChI=1S/C15H23IN2/c1-2-11-5-3-4-6-14(11)15(18-17)12-7-9-13(16)10-8-12/h7-11,14-15,18H,2-6,17H2,1H3. The quantitative estimate of drug-likeness (QED) is 0.485. The van der Waals surface area contributed by atoms with E-state index in [4.69, 9.17) is 5.84 Å². The van der Waals surface area contributed by atoms with Crippen molar-refractivity contribution in [3.05, 3.63) is 33.4 Å². The maximum absolute atomic E-state index is 5.84. The van der Waals surface area contributed by atoms with Crippen molar-refractivity contribution in [3.8, 4) is 0 Å². The van der Waals surface area contributed by atoms with Gasteiger partial charge in [0.05, 0.1) is 0 Å². The number of hydrazine groups is 1. The number of benzene rings is 1.